The largest absolute Gasteiger partial charge is 0.486 e. The number of nitrogens with one attached hydrogen (secondary N) is 1. The van der Waals surface area contributed by atoms with E-state index >= 15 is 0 Å². The molecule has 1 aromatic carbocycles. The summed E-state index contributed by atoms with van der Waals surface area (Å²) in [7, 11) is 0. The van der Waals surface area contributed by atoms with Gasteiger partial charge in [-0.05, 0) is 31.9 Å². The second-order valence-electron chi connectivity index (χ2n) is 4.87. The highest BCUT2D eigenvalue weighted by Crippen LogP contribution is 2.23. The SMILES string of the molecule is Cc1nc(COc2ccccc2)sc1CNC1CC1. The average molecular weight is 274 g/mol. The fourth-order valence-corrected chi connectivity index (χ4v) is 2.83. The number of hydrogen-bond donors (Lipinski definition) is 1. The average Bonchev–Trinajstić information content (AvgIpc) is 3.19. The predicted octanol–water partition coefficient (Wildman–Crippen LogP) is 3.28. The van der Waals surface area contributed by atoms with E-state index in [-0.39, 0.29) is 0 Å². The number of rotatable bonds is 6. The van der Waals surface area contributed by atoms with Crippen LogP contribution < -0.4 is 10.1 Å². The van der Waals surface area contributed by atoms with Crippen LogP contribution in [-0.2, 0) is 13.2 Å². The molecular weight excluding hydrogens is 256 g/mol. The molecule has 0 spiro atoms. The Hall–Kier alpha value is -1.39. The topological polar surface area (TPSA) is 34.1 Å². The van der Waals surface area contributed by atoms with Crippen molar-refractivity contribution >= 4 is 11.3 Å². The molecule has 3 rings (SSSR count). The van der Waals surface area contributed by atoms with Gasteiger partial charge in [0.2, 0.25) is 0 Å². The Morgan fingerprint density at radius 1 is 1.32 bits per heavy atom. The summed E-state index contributed by atoms with van der Waals surface area (Å²) in [6.45, 7) is 3.57. The Morgan fingerprint density at radius 2 is 2.11 bits per heavy atom. The predicted molar refractivity (Wildman–Crippen MR) is 77.5 cm³/mol. The van der Waals surface area contributed by atoms with Crippen LogP contribution in [0, 0.1) is 6.92 Å². The molecule has 0 bridgehead atoms. The molecular formula is C15H18N2OS. The molecule has 0 amide bonds. The molecule has 1 N–H and O–H groups in total. The lowest BCUT2D eigenvalue weighted by Gasteiger charge is -2.02. The van der Waals surface area contributed by atoms with Crippen LogP contribution in [0.2, 0.25) is 0 Å². The number of hydrogen-bond acceptors (Lipinski definition) is 4. The summed E-state index contributed by atoms with van der Waals surface area (Å²) in [5.41, 5.74) is 1.13. The van der Waals surface area contributed by atoms with Crippen LogP contribution in [0.4, 0.5) is 0 Å². The summed E-state index contributed by atoms with van der Waals surface area (Å²) in [6, 6.07) is 10.6. The first-order valence-corrected chi connectivity index (χ1v) is 7.49. The fourth-order valence-electron chi connectivity index (χ4n) is 1.90. The van der Waals surface area contributed by atoms with Gasteiger partial charge in [0, 0.05) is 17.5 Å². The number of nitrogens with zero attached hydrogens (tertiary/aromatic N) is 1. The number of aromatic nitrogens is 1. The molecule has 1 aliphatic carbocycles. The van der Waals surface area contributed by atoms with Gasteiger partial charge in [-0.25, -0.2) is 4.98 Å². The third-order valence-electron chi connectivity index (χ3n) is 3.17. The summed E-state index contributed by atoms with van der Waals surface area (Å²) < 4.78 is 5.73. The molecule has 1 aromatic heterocycles. The highest BCUT2D eigenvalue weighted by atomic mass is 32.1. The van der Waals surface area contributed by atoms with Gasteiger partial charge in [-0.3, -0.25) is 0 Å². The second kappa shape index (κ2) is 5.72. The van der Waals surface area contributed by atoms with Gasteiger partial charge < -0.3 is 10.1 Å². The van der Waals surface area contributed by atoms with Gasteiger partial charge in [-0.15, -0.1) is 11.3 Å². The number of aryl methyl sites for hydroxylation is 1. The van der Waals surface area contributed by atoms with Gasteiger partial charge in [-0.1, -0.05) is 18.2 Å². The molecule has 19 heavy (non-hydrogen) atoms. The third kappa shape index (κ3) is 3.55. The normalized spacial score (nSPS) is 14.6. The van der Waals surface area contributed by atoms with Crippen LogP contribution in [-0.4, -0.2) is 11.0 Å². The highest BCUT2D eigenvalue weighted by molar-refractivity contribution is 7.11. The minimum Gasteiger partial charge on any atom is -0.486 e. The van der Waals surface area contributed by atoms with Crippen molar-refractivity contribution in [3.63, 3.8) is 0 Å². The van der Waals surface area contributed by atoms with Crippen LogP contribution in [0.15, 0.2) is 30.3 Å². The zero-order chi connectivity index (χ0) is 13.1. The number of thiazole rings is 1. The lowest BCUT2D eigenvalue weighted by atomic mass is 10.3. The number of benzene rings is 1. The van der Waals surface area contributed by atoms with Gasteiger partial charge in [0.25, 0.3) is 0 Å². The maximum Gasteiger partial charge on any atom is 0.140 e. The van der Waals surface area contributed by atoms with E-state index in [1.807, 2.05) is 30.3 Å². The lowest BCUT2D eigenvalue weighted by Crippen LogP contribution is -2.14. The van der Waals surface area contributed by atoms with Crippen molar-refractivity contribution in [1.82, 2.24) is 10.3 Å². The van der Waals surface area contributed by atoms with E-state index in [1.54, 1.807) is 11.3 Å². The fraction of sp³-hybridized carbons (Fsp3) is 0.400. The Labute approximate surface area is 117 Å². The standard InChI is InChI=1S/C15H18N2OS/c1-11-14(9-16-12-7-8-12)19-15(17-11)10-18-13-5-3-2-4-6-13/h2-6,12,16H,7-10H2,1H3. The minimum absolute atomic E-state index is 0.555. The summed E-state index contributed by atoms with van der Waals surface area (Å²) in [4.78, 5) is 5.91. The smallest absolute Gasteiger partial charge is 0.140 e. The summed E-state index contributed by atoms with van der Waals surface area (Å²) in [5, 5.41) is 4.58. The minimum atomic E-state index is 0.555. The Kier molecular flexibility index (Phi) is 3.80. The monoisotopic (exact) mass is 274 g/mol. The van der Waals surface area contributed by atoms with Gasteiger partial charge in [0.05, 0.1) is 5.69 Å². The second-order valence-corrected chi connectivity index (χ2v) is 6.04. The van der Waals surface area contributed by atoms with E-state index in [4.69, 9.17) is 4.74 Å². The van der Waals surface area contributed by atoms with E-state index in [2.05, 4.69) is 17.2 Å². The lowest BCUT2D eigenvalue weighted by molar-refractivity contribution is 0.305. The van der Waals surface area contributed by atoms with Crippen molar-refractivity contribution < 1.29 is 4.74 Å². The molecule has 0 radical (unpaired) electrons. The summed E-state index contributed by atoms with van der Waals surface area (Å²) in [6.07, 6.45) is 2.64. The maximum absolute atomic E-state index is 5.73. The molecule has 0 saturated heterocycles. The van der Waals surface area contributed by atoms with E-state index in [0.717, 1.165) is 29.0 Å². The third-order valence-corrected chi connectivity index (χ3v) is 4.30. The molecule has 0 aliphatic heterocycles. The summed E-state index contributed by atoms with van der Waals surface area (Å²) in [5.74, 6) is 0.896. The van der Waals surface area contributed by atoms with E-state index in [0.29, 0.717) is 6.61 Å². The zero-order valence-electron chi connectivity index (χ0n) is 11.1. The zero-order valence-corrected chi connectivity index (χ0v) is 11.9. The quantitative estimate of drug-likeness (QED) is 0.877. The van der Waals surface area contributed by atoms with Gasteiger partial charge in [0.1, 0.15) is 17.4 Å². The molecule has 0 atom stereocenters. The van der Waals surface area contributed by atoms with E-state index in [1.165, 1.54) is 17.7 Å². The molecule has 4 heteroatoms. The van der Waals surface area contributed by atoms with Gasteiger partial charge >= 0.3 is 0 Å². The first kappa shape index (κ1) is 12.6. The van der Waals surface area contributed by atoms with Crippen LogP contribution in [0.5, 0.6) is 5.75 Å². The molecule has 1 fully saturated rings. The van der Waals surface area contributed by atoms with Crippen molar-refractivity contribution in [3.8, 4) is 5.75 Å². The van der Waals surface area contributed by atoms with E-state index < -0.39 is 0 Å². The van der Waals surface area contributed by atoms with Gasteiger partial charge in [-0.2, -0.15) is 0 Å². The molecule has 1 aliphatic rings. The Balaban J connectivity index is 1.57. The Morgan fingerprint density at radius 3 is 2.84 bits per heavy atom. The van der Waals surface area contributed by atoms with Crippen molar-refractivity contribution in [2.75, 3.05) is 0 Å². The highest BCUT2D eigenvalue weighted by Gasteiger charge is 2.21. The van der Waals surface area contributed by atoms with Crippen molar-refractivity contribution in [2.45, 2.75) is 39.0 Å². The van der Waals surface area contributed by atoms with Crippen molar-refractivity contribution in [2.24, 2.45) is 0 Å². The van der Waals surface area contributed by atoms with E-state index in [9.17, 15) is 0 Å². The van der Waals surface area contributed by atoms with Crippen LogP contribution in [0.25, 0.3) is 0 Å². The van der Waals surface area contributed by atoms with Crippen LogP contribution in [0.3, 0.4) is 0 Å². The summed E-state index contributed by atoms with van der Waals surface area (Å²) >= 11 is 1.75. The van der Waals surface area contributed by atoms with Crippen LogP contribution >= 0.6 is 11.3 Å². The van der Waals surface area contributed by atoms with Crippen LogP contribution in [0.1, 0.15) is 28.4 Å². The molecule has 1 saturated carbocycles. The maximum atomic E-state index is 5.73. The first-order chi connectivity index (χ1) is 9.31. The molecule has 3 nitrogen and oxygen atoms in total. The Bertz CT molecular complexity index is 534. The van der Waals surface area contributed by atoms with Gasteiger partial charge in [0.15, 0.2) is 0 Å². The molecule has 1 heterocycles. The number of para-hydroxylation sites is 1. The molecule has 2 aromatic rings. The van der Waals surface area contributed by atoms with Crippen molar-refractivity contribution in [3.05, 3.63) is 45.9 Å². The first-order valence-electron chi connectivity index (χ1n) is 6.67. The molecule has 100 valence electrons. The molecule has 0 unspecified atom stereocenters. The van der Waals surface area contributed by atoms with Crippen molar-refractivity contribution in [1.29, 1.82) is 0 Å². The number of ether oxygens (including phenoxy) is 1.